The molecule has 2 aliphatic carbocycles. The Morgan fingerprint density at radius 2 is 1.24 bits per heavy atom. The van der Waals surface area contributed by atoms with E-state index in [-0.39, 0.29) is 5.92 Å². The van der Waals surface area contributed by atoms with E-state index < -0.39 is 23.7 Å². The highest BCUT2D eigenvalue weighted by molar-refractivity contribution is 5.33. The van der Waals surface area contributed by atoms with E-state index in [1.807, 2.05) is 0 Å². The quantitative estimate of drug-likeness (QED) is 0.236. The van der Waals surface area contributed by atoms with Crippen LogP contribution in [0.1, 0.15) is 108 Å². The predicted molar refractivity (Wildman–Crippen MR) is 126 cm³/mol. The molecule has 1 nitrogen and oxygen atoms in total. The molecule has 2 aliphatic rings. The van der Waals surface area contributed by atoms with Crippen molar-refractivity contribution in [3.63, 3.8) is 0 Å². The molecule has 0 atom stereocenters. The van der Waals surface area contributed by atoms with E-state index in [1.165, 1.54) is 64.2 Å². The number of allylic oxidation sites excluding steroid dienone is 2. The maximum Gasteiger partial charge on any atom is 0.573 e. The van der Waals surface area contributed by atoms with Gasteiger partial charge in [0, 0.05) is 0 Å². The minimum Gasteiger partial charge on any atom is -0.399 e. The molecule has 2 fully saturated rings. The molecule has 0 N–H and O–H groups in total. The smallest absolute Gasteiger partial charge is 0.399 e. The average Bonchev–Trinajstić information content (AvgIpc) is 2.80. The van der Waals surface area contributed by atoms with Crippen LogP contribution in [0.25, 0.3) is 0 Å². The first-order valence-corrected chi connectivity index (χ1v) is 13.1. The SMILES string of the molecule is CCC/C=C/CCC1CCC(CCC2CCC(c3cc(F)c(OC(F)(F)F)c(F)c3)CC2)CC1. The Labute approximate surface area is 201 Å². The lowest BCUT2D eigenvalue weighted by atomic mass is 9.74. The fraction of sp³-hybridized carbons (Fsp3) is 0.714. The Kier molecular flexibility index (Phi) is 10.3. The molecule has 3 rings (SSSR count). The lowest BCUT2D eigenvalue weighted by Crippen LogP contribution is -2.20. The summed E-state index contributed by atoms with van der Waals surface area (Å²) >= 11 is 0. The largest absolute Gasteiger partial charge is 0.573 e. The minimum atomic E-state index is -5.12. The van der Waals surface area contributed by atoms with Crippen molar-refractivity contribution in [3.05, 3.63) is 41.5 Å². The number of halogens is 5. The Balaban J connectivity index is 1.37. The van der Waals surface area contributed by atoms with Crippen molar-refractivity contribution in [2.24, 2.45) is 17.8 Å². The molecule has 192 valence electrons. The maximum absolute atomic E-state index is 14.1. The number of rotatable bonds is 10. The van der Waals surface area contributed by atoms with Gasteiger partial charge in [-0.1, -0.05) is 64.0 Å². The van der Waals surface area contributed by atoms with Crippen LogP contribution in [0, 0.1) is 29.4 Å². The van der Waals surface area contributed by atoms with Crippen LogP contribution in [0.4, 0.5) is 22.0 Å². The third kappa shape index (κ3) is 8.57. The third-order valence-electron chi connectivity index (χ3n) is 7.87. The summed E-state index contributed by atoms with van der Waals surface area (Å²) in [6.07, 6.45) is 16.0. The molecule has 0 aliphatic heterocycles. The van der Waals surface area contributed by atoms with Crippen LogP contribution in [-0.2, 0) is 0 Å². The highest BCUT2D eigenvalue weighted by Gasteiger charge is 2.35. The molecule has 0 saturated heterocycles. The Hall–Kier alpha value is -1.59. The monoisotopic (exact) mass is 486 g/mol. The third-order valence-corrected chi connectivity index (χ3v) is 7.87. The van der Waals surface area contributed by atoms with Gasteiger partial charge in [0.25, 0.3) is 0 Å². The van der Waals surface area contributed by atoms with Gasteiger partial charge in [0.1, 0.15) is 0 Å². The summed E-state index contributed by atoms with van der Waals surface area (Å²) in [4.78, 5) is 0. The second kappa shape index (κ2) is 12.9. The van der Waals surface area contributed by atoms with Gasteiger partial charge in [0.15, 0.2) is 11.6 Å². The van der Waals surface area contributed by atoms with Crippen LogP contribution in [0.3, 0.4) is 0 Å². The molecule has 0 heterocycles. The molecule has 0 bridgehead atoms. The van der Waals surface area contributed by atoms with E-state index in [9.17, 15) is 22.0 Å². The standard InChI is InChI=1S/C28H39F5O/c1-2-3-4-5-6-7-20-8-10-21(11-9-20)12-13-22-14-16-23(17-15-22)24-18-25(29)27(26(30)19-24)34-28(31,32)33/h4-5,18-23H,2-3,6-17H2,1H3/b5-4+. The fourth-order valence-electron chi connectivity index (χ4n) is 5.83. The van der Waals surface area contributed by atoms with Gasteiger partial charge in [0.05, 0.1) is 0 Å². The van der Waals surface area contributed by atoms with E-state index >= 15 is 0 Å². The zero-order valence-electron chi connectivity index (χ0n) is 20.3. The van der Waals surface area contributed by atoms with Gasteiger partial charge in [-0.05, 0) is 86.3 Å². The molecule has 0 spiro atoms. The predicted octanol–water partition coefficient (Wildman–Crippen LogP) is 9.86. The highest BCUT2D eigenvalue weighted by atomic mass is 19.4. The number of hydrogen-bond acceptors (Lipinski definition) is 1. The van der Waals surface area contributed by atoms with Gasteiger partial charge in [0.2, 0.25) is 5.75 Å². The van der Waals surface area contributed by atoms with Crippen LogP contribution in [0.5, 0.6) is 5.75 Å². The number of unbranched alkanes of at least 4 members (excludes halogenated alkanes) is 1. The summed E-state index contributed by atoms with van der Waals surface area (Å²) in [5, 5.41) is 0. The summed E-state index contributed by atoms with van der Waals surface area (Å²) in [6, 6.07) is 2.01. The first-order chi connectivity index (χ1) is 16.2. The lowest BCUT2D eigenvalue weighted by Gasteiger charge is -2.32. The zero-order valence-corrected chi connectivity index (χ0v) is 20.3. The first kappa shape index (κ1) is 27.0. The number of ether oxygens (including phenoxy) is 1. The van der Waals surface area contributed by atoms with Crippen LogP contribution < -0.4 is 4.74 Å². The molecule has 6 heteroatoms. The van der Waals surface area contributed by atoms with Crippen LogP contribution in [0.15, 0.2) is 24.3 Å². The summed E-state index contributed by atoms with van der Waals surface area (Å²) in [5.41, 5.74) is 0.436. The minimum absolute atomic E-state index is 0.0120. The maximum atomic E-state index is 14.1. The number of benzene rings is 1. The molecule has 34 heavy (non-hydrogen) atoms. The molecule has 0 unspecified atom stereocenters. The highest BCUT2D eigenvalue weighted by Crippen LogP contribution is 2.41. The summed E-state index contributed by atoms with van der Waals surface area (Å²) < 4.78 is 68.7. The Bertz CT molecular complexity index is 748. The van der Waals surface area contributed by atoms with E-state index in [0.29, 0.717) is 11.5 Å². The van der Waals surface area contributed by atoms with Gasteiger partial charge in [-0.25, -0.2) is 8.78 Å². The van der Waals surface area contributed by atoms with Gasteiger partial charge in [-0.15, -0.1) is 13.2 Å². The molecule has 2 saturated carbocycles. The van der Waals surface area contributed by atoms with Crippen molar-refractivity contribution in [2.75, 3.05) is 0 Å². The number of hydrogen-bond donors (Lipinski definition) is 0. The summed E-state index contributed by atoms with van der Waals surface area (Å²) in [5.74, 6) is -1.61. The van der Waals surface area contributed by atoms with Crippen LogP contribution in [0.2, 0.25) is 0 Å². The molecule has 1 aromatic carbocycles. The van der Waals surface area contributed by atoms with E-state index in [1.54, 1.807) is 0 Å². The molecule has 0 aromatic heterocycles. The Morgan fingerprint density at radius 3 is 1.74 bits per heavy atom. The topological polar surface area (TPSA) is 9.23 Å². The van der Waals surface area contributed by atoms with Gasteiger partial charge >= 0.3 is 6.36 Å². The van der Waals surface area contributed by atoms with Crippen LogP contribution >= 0.6 is 0 Å². The van der Waals surface area contributed by atoms with Gasteiger partial charge < -0.3 is 4.74 Å². The summed E-state index contributed by atoms with van der Waals surface area (Å²) in [6.45, 7) is 2.21. The normalized spacial score (nSPS) is 26.2. The van der Waals surface area contributed by atoms with Crippen molar-refractivity contribution in [1.29, 1.82) is 0 Å². The van der Waals surface area contributed by atoms with Crippen molar-refractivity contribution in [2.45, 2.75) is 109 Å². The van der Waals surface area contributed by atoms with Crippen molar-refractivity contribution < 1.29 is 26.7 Å². The fourth-order valence-corrected chi connectivity index (χ4v) is 5.83. The molecule has 1 aromatic rings. The van der Waals surface area contributed by atoms with Crippen LogP contribution in [-0.4, -0.2) is 6.36 Å². The van der Waals surface area contributed by atoms with E-state index in [2.05, 4.69) is 23.8 Å². The van der Waals surface area contributed by atoms with Crippen molar-refractivity contribution in [1.82, 2.24) is 0 Å². The second-order valence-electron chi connectivity index (χ2n) is 10.4. The first-order valence-electron chi connectivity index (χ1n) is 13.1. The zero-order chi connectivity index (χ0) is 24.6. The molecular formula is C28H39F5O. The lowest BCUT2D eigenvalue weighted by molar-refractivity contribution is -0.276. The van der Waals surface area contributed by atoms with E-state index in [0.717, 1.165) is 49.7 Å². The number of alkyl halides is 3. The molecule has 0 amide bonds. The van der Waals surface area contributed by atoms with Gasteiger partial charge in [-0.3, -0.25) is 0 Å². The average molecular weight is 487 g/mol. The van der Waals surface area contributed by atoms with E-state index in [4.69, 9.17) is 0 Å². The van der Waals surface area contributed by atoms with Crippen molar-refractivity contribution >= 4 is 0 Å². The summed E-state index contributed by atoms with van der Waals surface area (Å²) in [7, 11) is 0. The Morgan fingerprint density at radius 1 is 0.765 bits per heavy atom. The van der Waals surface area contributed by atoms with Crippen molar-refractivity contribution in [3.8, 4) is 5.75 Å². The molecule has 0 radical (unpaired) electrons. The molecular weight excluding hydrogens is 447 g/mol. The second-order valence-corrected chi connectivity index (χ2v) is 10.4. The van der Waals surface area contributed by atoms with Gasteiger partial charge in [-0.2, -0.15) is 0 Å².